The number of amides is 1. The molecule has 1 amide bonds. The summed E-state index contributed by atoms with van der Waals surface area (Å²) in [5, 5.41) is 3.22. The second-order valence-corrected chi connectivity index (χ2v) is 5.34. The van der Waals surface area contributed by atoms with Crippen LogP contribution in [0, 0.1) is 0 Å². The smallest absolute Gasteiger partial charge is 0.237 e. The maximum Gasteiger partial charge on any atom is 0.237 e. The Morgan fingerprint density at radius 1 is 1.41 bits per heavy atom. The molecule has 1 atom stereocenters. The SMILES string of the molecule is CCCNC(C)(Cc1ccc(Br)cc1)C(N)=O. The predicted octanol–water partition coefficient (Wildman–Crippen LogP) is 2.24. The van der Waals surface area contributed by atoms with Crippen molar-refractivity contribution in [3.8, 4) is 0 Å². The van der Waals surface area contributed by atoms with Gasteiger partial charge in [0.1, 0.15) is 0 Å². The Bertz CT molecular complexity index is 378. The third-order valence-electron chi connectivity index (χ3n) is 2.78. The first-order chi connectivity index (χ1) is 7.98. The van der Waals surface area contributed by atoms with Crippen LogP contribution in [-0.4, -0.2) is 18.0 Å². The summed E-state index contributed by atoms with van der Waals surface area (Å²) in [7, 11) is 0. The number of carbonyl (C=O) groups is 1. The van der Waals surface area contributed by atoms with Gasteiger partial charge >= 0.3 is 0 Å². The molecular weight excluding hydrogens is 280 g/mol. The van der Waals surface area contributed by atoms with Crippen molar-refractivity contribution in [3.63, 3.8) is 0 Å². The van der Waals surface area contributed by atoms with E-state index in [1.165, 1.54) is 0 Å². The molecule has 0 aliphatic rings. The van der Waals surface area contributed by atoms with Crippen molar-refractivity contribution < 1.29 is 4.79 Å². The van der Waals surface area contributed by atoms with Crippen LogP contribution < -0.4 is 11.1 Å². The first kappa shape index (κ1) is 14.2. The highest BCUT2D eigenvalue weighted by Gasteiger charge is 2.30. The van der Waals surface area contributed by atoms with E-state index in [0.29, 0.717) is 6.42 Å². The van der Waals surface area contributed by atoms with E-state index in [0.717, 1.165) is 23.0 Å². The van der Waals surface area contributed by atoms with Crippen molar-refractivity contribution >= 4 is 21.8 Å². The number of primary amides is 1. The van der Waals surface area contributed by atoms with Crippen molar-refractivity contribution in [3.05, 3.63) is 34.3 Å². The van der Waals surface area contributed by atoms with Gasteiger partial charge in [0.05, 0.1) is 5.54 Å². The number of halogens is 1. The fourth-order valence-corrected chi connectivity index (χ4v) is 1.91. The van der Waals surface area contributed by atoms with Crippen LogP contribution in [0.1, 0.15) is 25.8 Å². The van der Waals surface area contributed by atoms with Crippen molar-refractivity contribution in [1.29, 1.82) is 0 Å². The van der Waals surface area contributed by atoms with Gasteiger partial charge in [-0.3, -0.25) is 4.79 Å². The highest BCUT2D eigenvalue weighted by atomic mass is 79.9. The van der Waals surface area contributed by atoms with Crippen LogP contribution in [0.4, 0.5) is 0 Å². The van der Waals surface area contributed by atoms with E-state index in [9.17, 15) is 4.79 Å². The van der Waals surface area contributed by atoms with E-state index in [1.807, 2.05) is 31.2 Å². The van der Waals surface area contributed by atoms with Crippen LogP contribution in [0.15, 0.2) is 28.7 Å². The van der Waals surface area contributed by atoms with Crippen LogP contribution in [0.3, 0.4) is 0 Å². The van der Waals surface area contributed by atoms with Gasteiger partial charge in [-0.2, -0.15) is 0 Å². The van der Waals surface area contributed by atoms with Crippen LogP contribution in [0.2, 0.25) is 0 Å². The largest absolute Gasteiger partial charge is 0.368 e. The number of benzene rings is 1. The molecule has 3 nitrogen and oxygen atoms in total. The van der Waals surface area contributed by atoms with Crippen LogP contribution >= 0.6 is 15.9 Å². The first-order valence-corrected chi connectivity index (χ1v) is 6.56. The minimum absolute atomic E-state index is 0.311. The van der Waals surface area contributed by atoms with E-state index in [4.69, 9.17) is 5.73 Å². The Hall–Kier alpha value is -0.870. The van der Waals surface area contributed by atoms with E-state index in [2.05, 4.69) is 28.2 Å². The maximum absolute atomic E-state index is 11.5. The molecular formula is C13H19BrN2O. The van der Waals surface area contributed by atoms with Crippen molar-refractivity contribution in [1.82, 2.24) is 5.32 Å². The minimum atomic E-state index is -0.677. The molecule has 0 saturated heterocycles. The number of nitrogens with one attached hydrogen (secondary N) is 1. The molecule has 0 saturated carbocycles. The molecule has 0 fully saturated rings. The molecule has 0 radical (unpaired) electrons. The summed E-state index contributed by atoms with van der Waals surface area (Å²) in [5.74, 6) is -0.311. The summed E-state index contributed by atoms with van der Waals surface area (Å²) >= 11 is 3.39. The Labute approximate surface area is 111 Å². The zero-order valence-electron chi connectivity index (χ0n) is 10.3. The molecule has 0 aliphatic heterocycles. The standard InChI is InChI=1S/C13H19BrN2O/c1-3-8-16-13(2,12(15)17)9-10-4-6-11(14)7-5-10/h4-7,16H,3,8-9H2,1-2H3,(H2,15,17). The monoisotopic (exact) mass is 298 g/mol. The Kier molecular flexibility index (Phi) is 5.15. The highest BCUT2D eigenvalue weighted by molar-refractivity contribution is 9.10. The maximum atomic E-state index is 11.5. The summed E-state index contributed by atoms with van der Waals surface area (Å²) in [6.07, 6.45) is 1.58. The lowest BCUT2D eigenvalue weighted by Gasteiger charge is -2.27. The summed E-state index contributed by atoms with van der Waals surface area (Å²) < 4.78 is 1.03. The van der Waals surface area contributed by atoms with Gasteiger partial charge in [0.25, 0.3) is 0 Å². The molecule has 0 spiro atoms. The number of carbonyl (C=O) groups excluding carboxylic acids is 1. The molecule has 1 aromatic carbocycles. The summed E-state index contributed by atoms with van der Waals surface area (Å²) in [4.78, 5) is 11.5. The van der Waals surface area contributed by atoms with E-state index >= 15 is 0 Å². The van der Waals surface area contributed by atoms with Gasteiger partial charge in [0, 0.05) is 4.47 Å². The summed E-state index contributed by atoms with van der Waals surface area (Å²) in [5.41, 5.74) is 5.90. The second kappa shape index (κ2) is 6.17. The van der Waals surface area contributed by atoms with E-state index < -0.39 is 5.54 Å². The van der Waals surface area contributed by atoms with Gasteiger partial charge in [-0.15, -0.1) is 0 Å². The Morgan fingerprint density at radius 3 is 2.47 bits per heavy atom. The van der Waals surface area contributed by atoms with Crippen molar-refractivity contribution in [2.45, 2.75) is 32.2 Å². The third kappa shape index (κ3) is 4.13. The first-order valence-electron chi connectivity index (χ1n) is 5.77. The molecule has 4 heteroatoms. The summed E-state index contributed by atoms with van der Waals surface area (Å²) in [6, 6.07) is 7.94. The van der Waals surface area contributed by atoms with Crippen molar-refractivity contribution in [2.75, 3.05) is 6.54 Å². The fraction of sp³-hybridized carbons (Fsp3) is 0.462. The fourth-order valence-electron chi connectivity index (χ4n) is 1.65. The molecule has 17 heavy (non-hydrogen) atoms. The normalized spacial score (nSPS) is 14.3. The zero-order valence-corrected chi connectivity index (χ0v) is 11.9. The number of rotatable bonds is 6. The topological polar surface area (TPSA) is 55.1 Å². The van der Waals surface area contributed by atoms with Gasteiger partial charge in [0.2, 0.25) is 5.91 Å². The average molecular weight is 299 g/mol. The minimum Gasteiger partial charge on any atom is -0.368 e. The van der Waals surface area contributed by atoms with Gasteiger partial charge < -0.3 is 11.1 Å². The second-order valence-electron chi connectivity index (χ2n) is 4.43. The van der Waals surface area contributed by atoms with Crippen LogP contribution in [0.5, 0.6) is 0 Å². The van der Waals surface area contributed by atoms with Crippen molar-refractivity contribution in [2.24, 2.45) is 5.73 Å². The van der Waals surface area contributed by atoms with Gasteiger partial charge in [-0.25, -0.2) is 0 Å². The van der Waals surface area contributed by atoms with E-state index in [-0.39, 0.29) is 5.91 Å². The third-order valence-corrected chi connectivity index (χ3v) is 3.31. The summed E-state index contributed by atoms with van der Waals surface area (Å²) in [6.45, 7) is 4.71. The number of hydrogen-bond acceptors (Lipinski definition) is 2. The Balaban J connectivity index is 2.79. The lowest BCUT2D eigenvalue weighted by Crippen LogP contribution is -2.54. The molecule has 94 valence electrons. The van der Waals surface area contributed by atoms with Gasteiger partial charge in [0.15, 0.2) is 0 Å². The number of hydrogen-bond donors (Lipinski definition) is 2. The zero-order chi connectivity index (χ0) is 12.9. The molecule has 0 bridgehead atoms. The van der Waals surface area contributed by atoms with Crippen LogP contribution in [-0.2, 0) is 11.2 Å². The molecule has 1 rings (SSSR count). The van der Waals surface area contributed by atoms with Gasteiger partial charge in [-0.05, 0) is 44.0 Å². The average Bonchev–Trinajstić information content (AvgIpc) is 2.29. The van der Waals surface area contributed by atoms with E-state index in [1.54, 1.807) is 0 Å². The highest BCUT2D eigenvalue weighted by Crippen LogP contribution is 2.16. The predicted molar refractivity (Wildman–Crippen MR) is 73.7 cm³/mol. The molecule has 0 aliphatic carbocycles. The molecule has 0 heterocycles. The van der Waals surface area contributed by atoms with Crippen LogP contribution in [0.25, 0.3) is 0 Å². The molecule has 3 N–H and O–H groups in total. The number of nitrogens with two attached hydrogens (primary N) is 1. The lowest BCUT2D eigenvalue weighted by atomic mass is 9.92. The lowest BCUT2D eigenvalue weighted by molar-refractivity contribution is -0.123. The molecule has 0 aromatic heterocycles. The Morgan fingerprint density at radius 2 is 2.00 bits per heavy atom. The quantitative estimate of drug-likeness (QED) is 0.846. The molecule has 1 aromatic rings. The molecule has 1 unspecified atom stereocenters. The van der Waals surface area contributed by atoms with Gasteiger partial charge in [-0.1, -0.05) is 35.0 Å².